The van der Waals surface area contributed by atoms with Gasteiger partial charge in [-0.1, -0.05) is 13.8 Å². The van der Waals surface area contributed by atoms with Gasteiger partial charge < -0.3 is 4.74 Å². The molecule has 0 aliphatic carbocycles. The topological polar surface area (TPSA) is 52.1 Å². The molecule has 0 saturated carbocycles. The van der Waals surface area contributed by atoms with E-state index in [1.807, 2.05) is 0 Å². The predicted molar refractivity (Wildman–Crippen MR) is 56.8 cm³/mol. The number of methoxy groups -OCH3 is 1. The van der Waals surface area contributed by atoms with Crippen LogP contribution in [0.3, 0.4) is 0 Å². The molecule has 0 amide bonds. The summed E-state index contributed by atoms with van der Waals surface area (Å²) >= 11 is 0. The summed E-state index contributed by atoms with van der Waals surface area (Å²) in [6.45, 7) is 5.93. The van der Waals surface area contributed by atoms with Crippen LogP contribution in [-0.4, -0.2) is 23.0 Å². The van der Waals surface area contributed by atoms with Crippen LogP contribution in [0, 0.1) is 6.92 Å². The Bertz CT molecular complexity index is 364. The summed E-state index contributed by atoms with van der Waals surface area (Å²) in [5.74, 6) is 0.522. The van der Waals surface area contributed by atoms with Crippen molar-refractivity contribution in [1.29, 1.82) is 0 Å². The van der Waals surface area contributed by atoms with Gasteiger partial charge in [0.2, 0.25) is 0 Å². The highest BCUT2D eigenvalue weighted by Crippen LogP contribution is 2.17. The maximum Gasteiger partial charge on any atom is 0.356 e. The zero-order chi connectivity index (χ0) is 11.4. The number of esters is 1. The number of rotatable bonds is 3. The molecule has 1 aromatic heterocycles. The molecule has 0 unspecified atom stereocenters. The molecule has 1 heterocycles. The molecule has 0 aliphatic heterocycles. The second-order valence-corrected chi connectivity index (χ2v) is 3.53. The lowest BCUT2D eigenvalue weighted by Crippen LogP contribution is -2.09. The molecule has 0 aromatic carbocycles. The van der Waals surface area contributed by atoms with E-state index in [4.69, 9.17) is 0 Å². The van der Waals surface area contributed by atoms with Crippen LogP contribution in [0.4, 0.5) is 0 Å². The summed E-state index contributed by atoms with van der Waals surface area (Å²) in [6.07, 6.45) is 0.983. The summed E-state index contributed by atoms with van der Waals surface area (Å²) in [5, 5.41) is 0. The number of hydrogen-bond acceptors (Lipinski definition) is 4. The highest BCUT2D eigenvalue weighted by atomic mass is 16.5. The first-order valence-corrected chi connectivity index (χ1v) is 5.02. The van der Waals surface area contributed by atoms with Gasteiger partial charge in [-0.3, -0.25) is 0 Å². The van der Waals surface area contributed by atoms with Gasteiger partial charge in [-0.15, -0.1) is 0 Å². The van der Waals surface area contributed by atoms with Crippen LogP contribution in [0.5, 0.6) is 0 Å². The Balaban J connectivity index is 3.10. The molecule has 15 heavy (non-hydrogen) atoms. The fourth-order valence-electron chi connectivity index (χ4n) is 1.26. The van der Waals surface area contributed by atoms with E-state index in [0.29, 0.717) is 17.4 Å². The zero-order valence-electron chi connectivity index (χ0n) is 9.57. The van der Waals surface area contributed by atoms with Gasteiger partial charge in [0.15, 0.2) is 5.69 Å². The Labute approximate surface area is 89.7 Å². The maximum absolute atomic E-state index is 11.3. The fraction of sp³-hybridized carbons (Fsp3) is 0.545. The van der Waals surface area contributed by atoms with Crippen LogP contribution >= 0.6 is 0 Å². The second kappa shape index (κ2) is 4.87. The first-order valence-electron chi connectivity index (χ1n) is 5.02. The molecule has 0 bridgehead atoms. The van der Waals surface area contributed by atoms with Crippen molar-refractivity contribution >= 4 is 5.97 Å². The summed E-state index contributed by atoms with van der Waals surface area (Å²) in [4.78, 5) is 19.7. The Morgan fingerprint density at radius 2 is 2.20 bits per heavy atom. The molecule has 0 radical (unpaired) electrons. The summed E-state index contributed by atoms with van der Waals surface area (Å²) in [5.41, 5.74) is 1.23. The largest absolute Gasteiger partial charge is 0.464 e. The first kappa shape index (κ1) is 11.6. The van der Waals surface area contributed by atoms with E-state index in [0.717, 1.165) is 12.1 Å². The third-order valence-corrected chi connectivity index (χ3v) is 2.37. The number of carbonyl (C=O) groups excluding carboxylic acids is 1. The van der Waals surface area contributed by atoms with Crippen LogP contribution in [-0.2, 0) is 4.74 Å². The minimum absolute atomic E-state index is 0.329. The number of carbonyl (C=O) groups is 1. The van der Waals surface area contributed by atoms with Gasteiger partial charge in [0.05, 0.1) is 7.11 Å². The number of hydrogen-bond donors (Lipinski definition) is 0. The molecule has 0 aliphatic rings. The van der Waals surface area contributed by atoms with E-state index in [1.54, 1.807) is 13.0 Å². The normalized spacial score (nSPS) is 12.3. The van der Waals surface area contributed by atoms with Crippen LogP contribution in [0.15, 0.2) is 6.07 Å². The molecule has 1 aromatic rings. The summed E-state index contributed by atoms with van der Waals surface area (Å²) < 4.78 is 4.63. The van der Waals surface area contributed by atoms with Crippen molar-refractivity contribution in [1.82, 2.24) is 9.97 Å². The van der Waals surface area contributed by atoms with Crippen molar-refractivity contribution in [2.24, 2.45) is 0 Å². The highest BCUT2D eigenvalue weighted by molar-refractivity contribution is 5.87. The van der Waals surface area contributed by atoms with Gasteiger partial charge in [-0.2, -0.15) is 0 Å². The van der Waals surface area contributed by atoms with Crippen molar-refractivity contribution in [3.05, 3.63) is 23.3 Å². The van der Waals surface area contributed by atoms with Crippen molar-refractivity contribution in [2.45, 2.75) is 33.1 Å². The van der Waals surface area contributed by atoms with Crippen LogP contribution in [0.1, 0.15) is 48.2 Å². The Morgan fingerprint density at radius 3 is 2.73 bits per heavy atom. The van der Waals surface area contributed by atoms with Crippen molar-refractivity contribution in [2.75, 3.05) is 7.11 Å². The third kappa shape index (κ3) is 2.75. The molecular formula is C11H16N2O2. The fourth-order valence-corrected chi connectivity index (χ4v) is 1.26. The van der Waals surface area contributed by atoms with E-state index >= 15 is 0 Å². The molecule has 0 spiro atoms. The smallest absolute Gasteiger partial charge is 0.356 e. The van der Waals surface area contributed by atoms with Crippen molar-refractivity contribution in [3.8, 4) is 0 Å². The molecule has 82 valence electrons. The first-order chi connectivity index (χ1) is 7.08. The van der Waals surface area contributed by atoms with Crippen LogP contribution in [0.2, 0.25) is 0 Å². The number of aryl methyl sites for hydroxylation is 1. The minimum Gasteiger partial charge on any atom is -0.464 e. The predicted octanol–water partition coefficient (Wildman–Crippen LogP) is 2.09. The third-order valence-electron chi connectivity index (χ3n) is 2.37. The summed E-state index contributed by atoms with van der Waals surface area (Å²) in [7, 11) is 1.35. The van der Waals surface area contributed by atoms with Crippen molar-refractivity contribution in [3.63, 3.8) is 0 Å². The molecule has 0 N–H and O–H groups in total. The lowest BCUT2D eigenvalue weighted by atomic mass is 10.0. The second-order valence-electron chi connectivity index (χ2n) is 3.53. The number of aromatic nitrogens is 2. The van der Waals surface area contributed by atoms with Gasteiger partial charge in [0.25, 0.3) is 0 Å². The van der Waals surface area contributed by atoms with E-state index in [-0.39, 0.29) is 0 Å². The molecule has 1 atom stereocenters. The van der Waals surface area contributed by atoms with Crippen LogP contribution < -0.4 is 0 Å². The quantitative estimate of drug-likeness (QED) is 0.714. The molecule has 4 heteroatoms. The molecule has 4 nitrogen and oxygen atoms in total. The lowest BCUT2D eigenvalue weighted by Gasteiger charge is -2.09. The maximum atomic E-state index is 11.3. The van der Waals surface area contributed by atoms with Gasteiger partial charge in [0.1, 0.15) is 5.82 Å². The van der Waals surface area contributed by atoms with Crippen LogP contribution in [0.25, 0.3) is 0 Å². The van der Waals surface area contributed by atoms with Gasteiger partial charge in [-0.05, 0) is 25.3 Å². The number of ether oxygens (including phenoxy) is 1. The van der Waals surface area contributed by atoms with E-state index in [1.165, 1.54) is 7.11 Å². The monoisotopic (exact) mass is 208 g/mol. The standard InChI is InChI=1S/C11H16N2O2/c1-5-7(2)9-6-10(11(14)15-4)13-8(3)12-9/h6-7H,5H2,1-4H3/t7-/m1/s1. The molecule has 0 saturated heterocycles. The minimum atomic E-state index is -0.412. The summed E-state index contributed by atoms with van der Waals surface area (Å²) in [6, 6.07) is 1.70. The van der Waals surface area contributed by atoms with Crippen molar-refractivity contribution < 1.29 is 9.53 Å². The van der Waals surface area contributed by atoms with Gasteiger partial charge in [-0.25, -0.2) is 14.8 Å². The Morgan fingerprint density at radius 1 is 1.53 bits per heavy atom. The average Bonchev–Trinajstić information content (AvgIpc) is 2.26. The molecule has 0 fully saturated rings. The zero-order valence-corrected chi connectivity index (χ0v) is 9.57. The van der Waals surface area contributed by atoms with Gasteiger partial charge in [0, 0.05) is 5.69 Å². The van der Waals surface area contributed by atoms with E-state index in [2.05, 4.69) is 28.6 Å². The molecular weight excluding hydrogens is 192 g/mol. The number of nitrogens with zero attached hydrogens (tertiary/aromatic N) is 2. The van der Waals surface area contributed by atoms with E-state index < -0.39 is 5.97 Å². The highest BCUT2D eigenvalue weighted by Gasteiger charge is 2.13. The lowest BCUT2D eigenvalue weighted by molar-refractivity contribution is 0.0593. The molecule has 1 rings (SSSR count). The Hall–Kier alpha value is -1.45. The average molecular weight is 208 g/mol. The van der Waals surface area contributed by atoms with Gasteiger partial charge >= 0.3 is 5.97 Å². The Kier molecular flexibility index (Phi) is 3.77. The SMILES string of the molecule is CC[C@@H](C)c1cc(C(=O)OC)nc(C)n1. The van der Waals surface area contributed by atoms with E-state index in [9.17, 15) is 4.79 Å².